The summed E-state index contributed by atoms with van der Waals surface area (Å²) in [5, 5.41) is 6.56. The van der Waals surface area contributed by atoms with Crippen LogP contribution >= 0.6 is 11.3 Å². The number of benzene rings is 1. The van der Waals surface area contributed by atoms with Gasteiger partial charge in [-0.2, -0.15) is 11.3 Å². The number of ether oxygens (including phenoxy) is 1. The van der Waals surface area contributed by atoms with E-state index < -0.39 is 10.0 Å². The Morgan fingerprint density at radius 3 is 2.70 bits per heavy atom. The number of nitrogens with one attached hydrogen (secondary N) is 2. The van der Waals surface area contributed by atoms with Crippen LogP contribution in [0.15, 0.2) is 39.9 Å². The second-order valence-electron chi connectivity index (χ2n) is 4.13. The van der Waals surface area contributed by atoms with Crippen molar-refractivity contribution < 1.29 is 13.2 Å². The maximum atomic E-state index is 12.3. The van der Waals surface area contributed by atoms with Crippen LogP contribution in [0, 0.1) is 0 Å². The van der Waals surface area contributed by atoms with Crippen molar-refractivity contribution >= 4 is 27.0 Å². The van der Waals surface area contributed by atoms with Gasteiger partial charge in [0.25, 0.3) is 10.0 Å². The van der Waals surface area contributed by atoms with Gasteiger partial charge in [0.15, 0.2) is 0 Å². The SMILES string of the molecule is CNCc1ccc(S(=O)(=O)Nc2ccsc2)c(OC)c1. The number of sulfonamides is 1. The van der Waals surface area contributed by atoms with Crippen molar-refractivity contribution in [3.05, 3.63) is 40.6 Å². The van der Waals surface area contributed by atoms with Gasteiger partial charge < -0.3 is 10.1 Å². The zero-order chi connectivity index (χ0) is 14.6. The topological polar surface area (TPSA) is 67.4 Å². The van der Waals surface area contributed by atoms with Crippen LogP contribution in [-0.2, 0) is 16.6 Å². The molecule has 0 unspecified atom stereocenters. The van der Waals surface area contributed by atoms with E-state index in [-0.39, 0.29) is 4.90 Å². The van der Waals surface area contributed by atoms with Gasteiger partial charge in [-0.25, -0.2) is 8.42 Å². The molecule has 1 heterocycles. The van der Waals surface area contributed by atoms with Crippen LogP contribution in [0.3, 0.4) is 0 Å². The molecule has 0 atom stereocenters. The molecule has 0 saturated heterocycles. The Labute approximate surface area is 122 Å². The molecule has 0 aliphatic carbocycles. The quantitative estimate of drug-likeness (QED) is 0.859. The maximum absolute atomic E-state index is 12.3. The van der Waals surface area contributed by atoms with E-state index in [4.69, 9.17) is 4.74 Å². The second kappa shape index (κ2) is 6.25. The zero-order valence-electron chi connectivity index (χ0n) is 11.2. The lowest BCUT2D eigenvalue weighted by Gasteiger charge is -2.12. The summed E-state index contributed by atoms with van der Waals surface area (Å²) in [5.41, 5.74) is 1.51. The molecule has 1 aromatic carbocycles. The van der Waals surface area contributed by atoms with Crippen molar-refractivity contribution in [2.24, 2.45) is 0 Å². The minimum absolute atomic E-state index is 0.131. The molecule has 2 N–H and O–H groups in total. The maximum Gasteiger partial charge on any atom is 0.265 e. The normalized spacial score (nSPS) is 11.3. The standard InChI is InChI=1S/C13H16N2O3S2/c1-14-8-10-3-4-13(12(7-10)18-2)20(16,17)15-11-5-6-19-9-11/h3-7,9,14-15H,8H2,1-2H3. The first kappa shape index (κ1) is 14.8. The molecule has 0 aliphatic heterocycles. The lowest BCUT2D eigenvalue weighted by molar-refractivity contribution is 0.402. The molecule has 2 aromatic rings. The van der Waals surface area contributed by atoms with E-state index in [0.29, 0.717) is 18.0 Å². The number of thiophene rings is 1. The van der Waals surface area contributed by atoms with E-state index in [1.54, 1.807) is 29.6 Å². The van der Waals surface area contributed by atoms with E-state index in [2.05, 4.69) is 10.0 Å². The molecule has 0 amide bonds. The van der Waals surface area contributed by atoms with E-state index in [9.17, 15) is 8.42 Å². The van der Waals surface area contributed by atoms with Crippen molar-refractivity contribution in [3.63, 3.8) is 0 Å². The van der Waals surface area contributed by atoms with Crippen LogP contribution < -0.4 is 14.8 Å². The number of methoxy groups -OCH3 is 1. The monoisotopic (exact) mass is 312 g/mol. The molecule has 20 heavy (non-hydrogen) atoms. The molecule has 108 valence electrons. The Morgan fingerprint density at radius 2 is 2.10 bits per heavy atom. The van der Waals surface area contributed by atoms with Crippen molar-refractivity contribution in [2.75, 3.05) is 18.9 Å². The minimum atomic E-state index is -3.65. The van der Waals surface area contributed by atoms with Crippen LogP contribution in [0.5, 0.6) is 5.75 Å². The first-order valence-electron chi connectivity index (χ1n) is 5.93. The molecule has 0 radical (unpaired) electrons. The summed E-state index contributed by atoms with van der Waals surface area (Å²) in [7, 11) is -0.357. The minimum Gasteiger partial charge on any atom is -0.495 e. The van der Waals surface area contributed by atoms with E-state index in [1.807, 2.05) is 12.4 Å². The number of anilines is 1. The molecule has 0 aliphatic rings. The molecule has 7 heteroatoms. The summed E-state index contributed by atoms with van der Waals surface area (Å²) in [4.78, 5) is 0.131. The van der Waals surface area contributed by atoms with Crippen molar-refractivity contribution in [1.82, 2.24) is 5.32 Å². The molecule has 0 bridgehead atoms. The molecule has 1 aromatic heterocycles. The smallest absolute Gasteiger partial charge is 0.265 e. The zero-order valence-corrected chi connectivity index (χ0v) is 12.8. The molecule has 5 nitrogen and oxygen atoms in total. The number of rotatable bonds is 6. The van der Waals surface area contributed by atoms with Crippen molar-refractivity contribution in [3.8, 4) is 5.75 Å². The molecule has 0 fully saturated rings. The summed E-state index contributed by atoms with van der Waals surface area (Å²) < 4.78 is 32.4. The average Bonchev–Trinajstić information content (AvgIpc) is 2.91. The van der Waals surface area contributed by atoms with Crippen LogP contribution in [0.2, 0.25) is 0 Å². The Kier molecular flexibility index (Phi) is 4.64. The van der Waals surface area contributed by atoms with Gasteiger partial charge in [0.05, 0.1) is 12.8 Å². The summed E-state index contributed by atoms with van der Waals surface area (Å²) in [6.07, 6.45) is 0. The first-order valence-corrected chi connectivity index (χ1v) is 8.36. The van der Waals surface area contributed by atoms with Gasteiger partial charge in [-0.1, -0.05) is 6.07 Å². The third-order valence-electron chi connectivity index (χ3n) is 2.67. The van der Waals surface area contributed by atoms with Gasteiger partial charge in [-0.15, -0.1) is 0 Å². The van der Waals surface area contributed by atoms with Gasteiger partial charge in [-0.3, -0.25) is 4.72 Å². The Bertz CT molecular complexity index is 667. The first-order chi connectivity index (χ1) is 9.56. The van der Waals surface area contributed by atoms with Gasteiger partial charge >= 0.3 is 0 Å². The number of hydrogen-bond acceptors (Lipinski definition) is 5. The van der Waals surface area contributed by atoms with Gasteiger partial charge in [0.1, 0.15) is 10.6 Å². The number of hydrogen-bond donors (Lipinski definition) is 2. The van der Waals surface area contributed by atoms with E-state index >= 15 is 0 Å². The van der Waals surface area contributed by atoms with Gasteiger partial charge in [-0.05, 0) is 36.2 Å². The third-order valence-corrected chi connectivity index (χ3v) is 4.78. The highest BCUT2D eigenvalue weighted by Gasteiger charge is 2.20. The Balaban J connectivity index is 2.35. The Hall–Kier alpha value is -1.57. The summed E-state index contributed by atoms with van der Waals surface area (Å²) in [6.45, 7) is 0.647. The highest BCUT2D eigenvalue weighted by atomic mass is 32.2. The second-order valence-corrected chi connectivity index (χ2v) is 6.56. The predicted molar refractivity (Wildman–Crippen MR) is 80.9 cm³/mol. The Morgan fingerprint density at radius 1 is 1.30 bits per heavy atom. The van der Waals surface area contributed by atoms with Crippen LogP contribution in [0.25, 0.3) is 0 Å². The van der Waals surface area contributed by atoms with E-state index in [1.165, 1.54) is 18.4 Å². The fraction of sp³-hybridized carbons (Fsp3) is 0.231. The third kappa shape index (κ3) is 3.30. The van der Waals surface area contributed by atoms with Gasteiger partial charge in [0.2, 0.25) is 0 Å². The highest BCUT2D eigenvalue weighted by molar-refractivity contribution is 7.92. The van der Waals surface area contributed by atoms with E-state index in [0.717, 1.165) is 5.56 Å². The molecule has 0 saturated carbocycles. The average molecular weight is 312 g/mol. The molecule has 2 rings (SSSR count). The molecular weight excluding hydrogens is 296 g/mol. The van der Waals surface area contributed by atoms with Crippen LogP contribution in [-0.4, -0.2) is 22.6 Å². The van der Waals surface area contributed by atoms with Gasteiger partial charge in [0, 0.05) is 11.9 Å². The predicted octanol–water partition coefficient (Wildman–Crippen LogP) is 2.28. The summed E-state index contributed by atoms with van der Waals surface area (Å²) in [6, 6.07) is 6.75. The van der Waals surface area contributed by atoms with Crippen LogP contribution in [0.1, 0.15) is 5.56 Å². The summed E-state index contributed by atoms with van der Waals surface area (Å²) in [5.74, 6) is 0.334. The summed E-state index contributed by atoms with van der Waals surface area (Å²) >= 11 is 1.43. The highest BCUT2D eigenvalue weighted by Crippen LogP contribution is 2.27. The molecule has 0 spiro atoms. The van der Waals surface area contributed by atoms with Crippen LogP contribution in [0.4, 0.5) is 5.69 Å². The lowest BCUT2D eigenvalue weighted by atomic mass is 10.2. The van der Waals surface area contributed by atoms with Crippen molar-refractivity contribution in [1.29, 1.82) is 0 Å². The fourth-order valence-electron chi connectivity index (χ4n) is 1.78. The lowest BCUT2D eigenvalue weighted by Crippen LogP contribution is -2.14. The largest absolute Gasteiger partial charge is 0.495 e. The van der Waals surface area contributed by atoms with Crippen molar-refractivity contribution in [2.45, 2.75) is 11.4 Å². The fourth-order valence-corrected chi connectivity index (χ4v) is 3.64. The molecular formula is C13H16N2O3S2.